The lowest BCUT2D eigenvalue weighted by molar-refractivity contribution is -0.133. The summed E-state index contributed by atoms with van der Waals surface area (Å²) in [5.41, 5.74) is 8.95. The lowest BCUT2D eigenvalue weighted by atomic mass is 9.94. The Morgan fingerprint density at radius 1 is 1.33 bits per heavy atom. The van der Waals surface area contributed by atoms with Gasteiger partial charge in [-0.25, -0.2) is 4.39 Å². The minimum absolute atomic E-state index is 0.0123. The Kier molecular flexibility index (Phi) is 6.35. The molecule has 2 heterocycles. The van der Waals surface area contributed by atoms with Crippen LogP contribution in [0.1, 0.15) is 44.7 Å². The van der Waals surface area contributed by atoms with E-state index in [0.717, 1.165) is 29.8 Å². The summed E-state index contributed by atoms with van der Waals surface area (Å²) in [4.78, 5) is 19.4. The topological polar surface area (TPSA) is 76.6 Å². The van der Waals surface area contributed by atoms with E-state index in [-0.39, 0.29) is 41.8 Å². The summed E-state index contributed by atoms with van der Waals surface area (Å²) in [6, 6.07) is 8.03. The molecule has 2 N–H and O–H groups in total. The Morgan fingerprint density at radius 3 is 2.61 bits per heavy atom. The molecule has 6 unspecified atom stereocenters. The fraction of sp³-hybridized carbons (Fsp3) is 0.538. The Labute approximate surface area is 196 Å². The van der Waals surface area contributed by atoms with Crippen LogP contribution in [0.4, 0.5) is 4.39 Å². The maximum atomic E-state index is 13.5. The van der Waals surface area contributed by atoms with Gasteiger partial charge in [0.25, 0.3) is 0 Å². The number of rotatable bonds is 8. The number of likely N-dealkylation sites (N-methyl/N-ethyl adjacent to an activating group) is 1. The van der Waals surface area contributed by atoms with E-state index in [1.807, 2.05) is 11.9 Å². The highest BCUT2D eigenvalue weighted by Gasteiger charge is 2.53. The summed E-state index contributed by atoms with van der Waals surface area (Å²) in [5, 5.41) is 9.49. The summed E-state index contributed by atoms with van der Waals surface area (Å²) in [6.45, 7) is 13.0. The minimum Gasteiger partial charge on any atom is -0.355 e. The first kappa shape index (κ1) is 23.5. The number of fused-ring (bicyclic) bond motifs is 1. The number of nitrogens with two attached hydrogens (primary N) is 1. The number of piperidine rings is 1. The quantitative estimate of drug-likeness (QED) is 0.656. The van der Waals surface area contributed by atoms with E-state index in [1.54, 1.807) is 17.0 Å². The maximum Gasteiger partial charge on any atom is 0.245 e. The fourth-order valence-corrected chi connectivity index (χ4v) is 5.61. The van der Waals surface area contributed by atoms with Crippen LogP contribution in [-0.4, -0.2) is 58.4 Å². The van der Waals surface area contributed by atoms with Crippen LogP contribution in [0.5, 0.6) is 0 Å². The van der Waals surface area contributed by atoms with Crippen LogP contribution in [-0.2, 0) is 4.79 Å². The number of hydrogen-bond acceptors (Lipinski definition) is 5. The van der Waals surface area contributed by atoms with Crippen LogP contribution in [0.2, 0.25) is 0 Å². The van der Waals surface area contributed by atoms with E-state index in [1.165, 1.54) is 12.1 Å². The molecule has 0 radical (unpaired) electrons. The SMILES string of the molecule is C=C1CC(N(C)CC(N)C(=C)N2C(C#N)CC3CC32)C(=O)N1C(c1ccc(F)cc1)C(C)C. The third-order valence-corrected chi connectivity index (χ3v) is 7.44. The molecule has 33 heavy (non-hydrogen) atoms. The van der Waals surface area contributed by atoms with Crippen molar-refractivity contribution in [1.29, 1.82) is 5.26 Å². The molecule has 0 aromatic heterocycles. The van der Waals surface area contributed by atoms with Gasteiger partial charge in [-0.1, -0.05) is 39.1 Å². The number of halogens is 1. The average molecular weight is 452 g/mol. The van der Waals surface area contributed by atoms with Gasteiger partial charge in [0.05, 0.1) is 24.2 Å². The monoisotopic (exact) mass is 451 g/mol. The van der Waals surface area contributed by atoms with Crippen LogP contribution in [0.15, 0.2) is 48.8 Å². The molecular formula is C26H34FN5O. The van der Waals surface area contributed by atoms with Crippen molar-refractivity contribution in [3.05, 3.63) is 60.2 Å². The predicted octanol–water partition coefficient (Wildman–Crippen LogP) is 3.40. The van der Waals surface area contributed by atoms with Gasteiger partial charge in [-0.2, -0.15) is 5.26 Å². The molecule has 3 aliphatic rings. The van der Waals surface area contributed by atoms with E-state index in [9.17, 15) is 14.4 Å². The molecule has 1 saturated carbocycles. The Bertz CT molecular complexity index is 983. The third kappa shape index (κ3) is 4.30. The second-order valence-electron chi connectivity index (χ2n) is 10.1. The number of nitriles is 1. The third-order valence-electron chi connectivity index (χ3n) is 7.44. The predicted molar refractivity (Wildman–Crippen MR) is 126 cm³/mol. The van der Waals surface area contributed by atoms with Crippen molar-refractivity contribution in [2.45, 2.75) is 63.3 Å². The summed E-state index contributed by atoms with van der Waals surface area (Å²) in [7, 11) is 1.90. The molecule has 4 rings (SSSR count). The molecule has 6 atom stereocenters. The zero-order valence-electron chi connectivity index (χ0n) is 19.7. The lowest BCUT2D eigenvalue weighted by Gasteiger charge is -2.34. The molecule has 7 heteroatoms. The molecule has 1 aliphatic carbocycles. The smallest absolute Gasteiger partial charge is 0.245 e. The summed E-state index contributed by atoms with van der Waals surface area (Å²) in [6.07, 6.45) is 2.52. The van der Waals surface area contributed by atoms with Gasteiger partial charge < -0.3 is 15.5 Å². The standard InChI is InChI=1S/C26H34FN5O/c1-15(2)25(18-6-8-20(27)9-7-18)31-16(3)10-24(26(31)33)30(5)14-22(29)17(4)32-21(13-28)11-19-12-23(19)32/h6-9,15,19,21-25H,3-4,10-12,14,29H2,1-2,5H3. The van der Waals surface area contributed by atoms with Gasteiger partial charge in [-0.3, -0.25) is 9.69 Å². The average Bonchev–Trinajstić information content (AvgIpc) is 3.34. The summed E-state index contributed by atoms with van der Waals surface area (Å²) in [5.74, 6) is 0.409. The highest BCUT2D eigenvalue weighted by molar-refractivity contribution is 5.87. The van der Waals surface area contributed by atoms with Gasteiger partial charge in [0, 0.05) is 30.4 Å². The highest BCUT2D eigenvalue weighted by atomic mass is 19.1. The largest absolute Gasteiger partial charge is 0.355 e. The van der Waals surface area contributed by atoms with Crippen molar-refractivity contribution in [2.75, 3.05) is 13.6 Å². The molecule has 2 aliphatic heterocycles. The molecule has 1 amide bonds. The van der Waals surface area contributed by atoms with E-state index in [4.69, 9.17) is 5.73 Å². The molecule has 0 spiro atoms. The van der Waals surface area contributed by atoms with Crippen molar-refractivity contribution in [3.8, 4) is 6.07 Å². The normalized spacial score (nSPS) is 28.3. The number of nitrogens with zero attached hydrogens (tertiary/aromatic N) is 4. The second-order valence-corrected chi connectivity index (χ2v) is 10.1. The number of carbonyl (C=O) groups is 1. The number of amides is 1. The maximum absolute atomic E-state index is 13.5. The zero-order chi connectivity index (χ0) is 24.0. The van der Waals surface area contributed by atoms with Crippen LogP contribution < -0.4 is 5.73 Å². The number of benzene rings is 1. The van der Waals surface area contributed by atoms with Gasteiger partial charge >= 0.3 is 0 Å². The second kappa shape index (κ2) is 8.92. The van der Waals surface area contributed by atoms with Crippen LogP contribution >= 0.6 is 0 Å². The van der Waals surface area contributed by atoms with E-state index in [2.05, 4.69) is 38.0 Å². The molecule has 176 valence electrons. The lowest BCUT2D eigenvalue weighted by Crippen LogP contribution is -2.49. The van der Waals surface area contributed by atoms with E-state index in [0.29, 0.717) is 24.9 Å². The van der Waals surface area contributed by atoms with Gasteiger partial charge in [-0.15, -0.1) is 0 Å². The first-order valence-corrected chi connectivity index (χ1v) is 11.7. The van der Waals surface area contributed by atoms with Crippen LogP contribution in [0.25, 0.3) is 0 Å². The molecule has 1 aromatic rings. The summed E-state index contributed by atoms with van der Waals surface area (Å²) < 4.78 is 13.5. The van der Waals surface area contributed by atoms with Crippen molar-refractivity contribution >= 4 is 5.91 Å². The van der Waals surface area contributed by atoms with Crippen molar-refractivity contribution in [2.24, 2.45) is 17.6 Å². The van der Waals surface area contributed by atoms with Crippen molar-refractivity contribution < 1.29 is 9.18 Å². The van der Waals surface area contributed by atoms with E-state index < -0.39 is 0 Å². The Hall–Kier alpha value is -2.69. The molecule has 2 saturated heterocycles. The molecule has 3 fully saturated rings. The van der Waals surface area contributed by atoms with Gasteiger partial charge in [0.2, 0.25) is 5.91 Å². The van der Waals surface area contributed by atoms with Gasteiger partial charge in [-0.05, 0) is 49.4 Å². The molecule has 0 bridgehead atoms. The first-order valence-electron chi connectivity index (χ1n) is 11.7. The van der Waals surface area contributed by atoms with Gasteiger partial charge in [0.1, 0.15) is 11.9 Å². The van der Waals surface area contributed by atoms with Crippen molar-refractivity contribution in [3.63, 3.8) is 0 Å². The molecule has 1 aromatic carbocycles. The Morgan fingerprint density at radius 2 is 2.00 bits per heavy atom. The zero-order valence-corrected chi connectivity index (χ0v) is 19.7. The van der Waals surface area contributed by atoms with Crippen molar-refractivity contribution in [1.82, 2.24) is 14.7 Å². The van der Waals surface area contributed by atoms with E-state index >= 15 is 0 Å². The Balaban J connectivity index is 1.45. The first-order chi connectivity index (χ1) is 15.6. The molecular weight excluding hydrogens is 417 g/mol. The summed E-state index contributed by atoms with van der Waals surface area (Å²) >= 11 is 0. The minimum atomic E-state index is -0.364. The van der Waals surface area contributed by atoms with Crippen LogP contribution in [0.3, 0.4) is 0 Å². The number of likely N-dealkylation sites (tertiary alicyclic amines) is 2. The highest BCUT2D eigenvalue weighted by Crippen LogP contribution is 2.49. The van der Waals surface area contributed by atoms with Gasteiger partial charge in [0.15, 0.2) is 0 Å². The van der Waals surface area contributed by atoms with Crippen LogP contribution in [0, 0.1) is 29.0 Å². The number of hydrogen-bond donors (Lipinski definition) is 1. The number of carbonyl (C=O) groups excluding carboxylic acids is 1. The molecule has 6 nitrogen and oxygen atoms in total. The fourth-order valence-electron chi connectivity index (χ4n) is 5.61.